The van der Waals surface area contributed by atoms with Crippen molar-refractivity contribution in [2.45, 2.75) is 0 Å². The highest BCUT2D eigenvalue weighted by molar-refractivity contribution is 7.80. The number of hydrogen-bond donors (Lipinski definition) is 1. The maximum Gasteiger partial charge on any atom is 0.223 e. The Morgan fingerprint density at radius 2 is 1.75 bits per heavy atom. The third-order valence-electron chi connectivity index (χ3n) is 2.51. The molecule has 0 aliphatic rings. The van der Waals surface area contributed by atoms with E-state index in [4.69, 9.17) is 28.6 Å². The van der Waals surface area contributed by atoms with Gasteiger partial charge in [0.25, 0.3) is 0 Å². The molecule has 0 saturated heterocycles. The van der Waals surface area contributed by atoms with Crippen molar-refractivity contribution in [3.63, 3.8) is 0 Å². The number of aliphatic imine (C=N–C) groups is 1. The van der Waals surface area contributed by atoms with Gasteiger partial charge < -0.3 is 10.1 Å². The summed E-state index contributed by atoms with van der Waals surface area (Å²) in [5.74, 6) is 0.440. The van der Waals surface area contributed by atoms with Crippen LogP contribution >= 0.6 is 23.8 Å². The summed E-state index contributed by atoms with van der Waals surface area (Å²) in [7, 11) is 1.55. The van der Waals surface area contributed by atoms with Crippen LogP contribution in [0.1, 0.15) is 5.56 Å². The number of para-hydroxylation sites is 1. The van der Waals surface area contributed by atoms with E-state index in [-0.39, 0.29) is 0 Å². The maximum atomic E-state index is 5.85. The molecule has 0 saturated carbocycles. The third kappa shape index (κ3) is 4.05. The Kier molecular flexibility index (Phi) is 5.09. The van der Waals surface area contributed by atoms with Gasteiger partial charge in [-0.05, 0) is 48.6 Å². The van der Waals surface area contributed by atoms with Gasteiger partial charge in [-0.15, -0.1) is 0 Å². The first-order valence-corrected chi connectivity index (χ1v) is 6.72. The van der Waals surface area contributed by atoms with E-state index in [0.29, 0.717) is 16.0 Å². The average Bonchev–Trinajstić information content (AvgIpc) is 2.47. The zero-order valence-corrected chi connectivity index (χ0v) is 12.4. The van der Waals surface area contributed by atoms with Crippen molar-refractivity contribution in [3.05, 3.63) is 65.2 Å². The number of rotatable bonds is 2. The largest absolute Gasteiger partial charge is 0.480 e. The predicted octanol–water partition coefficient (Wildman–Crippen LogP) is 4.13. The van der Waals surface area contributed by atoms with Crippen molar-refractivity contribution in [2.24, 2.45) is 4.99 Å². The van der Waals surface area contributed by atoms with Gasteiger partial charge >= 0.3 is 0 Å². The molecule has 0 bridgehead atoms. The number of nitrogens with zero attached hydrogens (tertiary/aromatic N) is 1. The molecule has 0 fully saturated rings. The number of hydrogen-bond acceptors (Lipinski definition) is 2. The lowest BCUT2D eigenvalue weighted by molar-refractivity contribution is 0.405. The molecule has 0 atom stereocenters. The van der Waals surface area contributed by atoms with Crippen molar-refractivity contribution in [1.29, 1.82) is 0 Å². The summed E-state index contributed by atoms with van der Waals surface area (Å²) in [6, 6.07) is 16.8. The molecule has 0 spiro atoms. The fourth-order valence-corrected chi connectivity index (χ4v) is 1.91. The molecule has 0 aliphatic heterocycles. The Morgan fingerprint density at radius 1 is 1.10 bits per heavy atom. The quantitative estimate of drug-likeness (QED) is 0.514. The topological polar surface area (TPSA) is 33.6 Å². The predicted molar refractivity (Wildman–Crippen MR) is 87.7 cm³/mol. The minimum Gasteiger partial charge on any atom is -0.480 e. The zero-order valence-electron chi connectivity index (χ0n) is 10.8. The lowest BCUT2D eigenvalue weighted by Gasteiger charge is -2.07. The minimum absolute atomic E-state index is 0.336. The van der Waals surface area contributed by atoms with Crippen molar-refractivity contribution < 1.29 is 4.74 Å². The second-order valence-electron chi connectivity index (χ2n) is 3.92. The highest BCUT2D eigenvalue weighted by Crippen LogP contribution is 2.11. The standard InChI is InChI=1S/C15H13ClN2OS/c1-19-14(11-7-9-12(16)10-8-11)18-15(20)17-13-5-3-2-4-6-13/h2-10H,1H3,(H,17,20)/b18-14-. The van der Waals surface area contributed by atoms with Crippen LogP contribution < -0.4 is 5.32 Å². The maximum absolute atomic E-state index is 5.85. The van der Waals surface area contributed by atoms with Crippen LogP contribution in [0.4, 0.5) is 5.69 Å². The molecular weight excluding hydrogens is 292 g/mol. The van der Waals surface area contributed by atoms with Crippen LogP contribution in [0.2, 0.25) is 5.02 Å². The van der Waals surface area contributed by atoms with Crippen LogP contribution in [0, 0.1) is 0 Å². The summed E-state index contributed by atoms with van der Waals surface area (Å²) >= 11 is 11.1. The molecule has 0 heterocycles. The summed E-state index contributed by atoms with van der Waals surface area (Å²) in [6.07, 6.45) is 0. The normalized spacial score (nSPS) is 11.0. The second-order valence-corrected chi connectivity index (χ2v) is 4.75. The molecule has 2 aromatic rings. The Labute approximate surface area is 128 Å². The van der Waals surface area contributed by atoms with E-state index >= 15 is 0 Å². The molecule has 20 heavy (non-hydrogen) atoms. The Balaban J connectivity index is 2.14. The molecule has 0 aliphatic carbocycles. The van der Waals surface area contributed by atoms with E-state index < -0.39 is 0 Å². The van der Waals surface area contributed by atoms with Crippen LogP contribution in [0.3, 0.4) is 0 Å². The minimum atomic E-state index is 0.336. The van der Waals surface area contributed by atoms with Gasteiger partial charge in [0.15, 0.2) is 0 Å². The highest BCUT2D eigenvalue weighted by atomic mass is 35.5. The van der Waals surface area contributed by atoms with Crippen LogP contribution in [0.25, 0.3) is 0 Å². The zero-order chi connectivity index (χ0) is 14.4. The van der Waals surface area contributed by atoms with Gasteiger partial charge in [-0.3, -0.25) is 0 Å². The number of halogens is 1. The fourth-order valence-electron chi connectivity index (χ4n) is 1.59. The van der Waals surface area contributed by atoms with Crippen molar-refractivity contribution >= 4 is 40.5 Å². The lowest BCUT2D eigenvalue weighted by Crippen LogP contribution is -2.12. The van der Waals surface area contributed by atoms with Gasteiger partial charge in [-0.25, -0.2) is 0 Å². The van der Waals surface area contributed by atoms with Gasteiger partial charge in [-0.1, -0.05) is 29.8 Å². The monoisotopic (exact) mass is 304 g/mol. The van der Waals surface area contributed by atoms with Gasteiger partial charge in [-0.2, -0.15) is 4.99 Å². The fraction of sp³-hybridized carbons (Fsp3) is 0.0667. The van der Waals surface area contributed by atoms with Crippen molar-refractivity contribution in [2.75, 3.05) is 12.4 Å². The number of benzene rings is 2. The van der Waals surface area contributed by atoms with Crippen LogP contribution in [-0.4, -0.2) is 18.1 Å². The summed E-state index contributed by atoms with van der Waals surface area (Å²) < 4.78 is 5.26. The van der Waals surface area contributed by atoms with E-state index in [1.54, 1.807) is 19.2 Å². The first kappa shape index (κ1) is 14.5. The van der Waals surface area contributed by atoms with E-state index in [1.807, 2.05) is 42.5 Å². The SMILES string of the molecule is CO/C(=N\C(=S)Nc1ccccc1)c1ccc(Cl)cc1. The van der Waals surface area contributed by atoms with E-state index in [0.717, 1.165) is 11.3 Å². The van der Waals surface area contributed by atoms with E-state index in [2.05, 4.69) is 10.3 Å². The van der Waals surface area contributed by atoms with Gasteiger partial charge in [0.2, 0.25) is 11.0 Å². The highest BCUT2D eigenvalue weighted by Gasteiger charge is 2.05. The molecular formula is C15H13ClN2OS. The number of methoxy groups -OCH3 is 1. The molecule has 0 aromatic heterocycles. The number of anilines is 1. The molecule has 2 rings (SSSR count). The number of ether oxygens (including phenoxy) is 1. The first-order valence-electron chi connectivity index (χ1n) is 5.93. The number of thiocarbonyl (C=S) groups is 1. The van der Waals surface area contributed by atoms with Gasteiger partial charge in [0.05, 0.1) is 7.11 Å². The molecule has 0 radical (unpaired) electrons. The summed E-state index contributed by atoms with van der Waals surface area (Å²) in [5.41, 5.74) is 1.70. The lowest BCUT2D eigenvalue weighted by atomic mass is 10.2. The van der Waals surface area contributed by atoms with Gasteiger partial charge in [0, 0.05) is 16.3 Å². The molecule has 1 N–H and O–H groups in total. The van der Waals surface area contributed by atoms with Gasteiger partial charge in [0.1, 0.15) is 0 Å². The second kappa shape index (κ2) is 7.03. The van der Waals surface area contributed by atoms with Crippen molar-refractivity contribution in [1.82, 2.24) is 0 Å². The third-order valence-corrected chi connectivity index (χ3v) is 2.96. The molecule has 2 aromatic carbocycles. The molecule has 102 valence electrons. The summed E-state index contributed by atoms with van der Waals surface area (Å²) in [5, 5.41) is 4.02. The molecule has 0 amide bonds. The Hall–Kier alpha value is -1.91. The molecule has 5 heteroatoms. The first-order chi connectivity index (χ1) is 9.69. The smallest absolute Gasteiger partial charge is 0.223 e. The molecule has 3 nitrogen and oxygen atoms in total. The Bertz CT molecular complexity index is 612. The summed E-state index contributed by atoms with van der Waals surface area (Å²) in [4.78, 5) is 4.26. The number of nitrogens with one attached hydrogen (secondary N) is 1. The van der Waals surface area contributed by atoms with Crippen LogP contribution in [0.15, 0.2) is 59.6 Å². The summed E-state index contributed by atoms with van der Waals surface area (Å²) in [6.45, 7) is 0. The Morgan fingerprint density at radius 3 is 2.35 bits per heavy atom. The van der Waals surface area contributed by atoms with E-state index in [9.17, 15) is 0 Å². The molecule has 0 unspecified atom stereocenters. The van der Waals surface area contributed by atoms with Crippen LogP contribution in [0.5, 0.6) is 0 Å². The average molecular weight is 305 g/mol. The van der Waals surface area contributed by atoms with Crippen LogP contribution in [-0.2, 0) is 4.74 Å². The van der Waals surface area contributed by atoms with Crippen molar-refractivity contribution in [3.8, 4) is 0 Å². The van der Waals surface area contributed by atoms with E-state index in [1.165, 1.54) is 0 Å².